The second-order valence-corrected chi connectivity index (χ2v) is 10.5. The molecule has 0 bridgehead atoms. The van der Waals surface area contributed by atoms with Crippen molar-refractivity contribution < 1.29 is 0 Å². The summed E-state index contributed by atoms with van der Waals surface area (Å²) in [6, 6.07) is 44.2. The molecule has 0 saturated carbocycles. The van der Waals surface area contributed by atoms with Gasteiger partial charge in [-0.1, -0.05) is 91.0 Å². The van der Waals surface area contributed by atoms with E-state index in [4.69, 9.17) is 15.0 Å². The first-order valence-electron chi connectivity index (χ1n) is 14.1. The Kier molecular flexibility index (Phi) is 4.83. The van der Waals surface area contributed by atoms with E-state index in [1.165, 1.54) is 10.8 Å². The molecular formula is C37H23N5. The van der Waals surface area contributed by atoms with Crippen LogP contribution in [0.15, 0.2) is 140 Å². The SMILES string of the molecule is c1ccc(-c2ccnc(-n3c4ccccc4c4c5ncccc5c5c6ccccc6n(-c6ccccc6)c5c43)n2)cc1. The van der Waals surface area contributed by atoms with Gasteiger partial charge in [-0.05, 0) is 36.4 Å². The van der Waals surface area contributed by atoms with Crippen LogP contribution in [0.1, 0.15) is 0 Å². The van der Waals surface area contributed by atoms with E-state index in [-0.39, 0.29) is 0 Å². The summed E-state index contributed by atoms with van der Waals surface area (Å²) in [7, 11) is 0. The average molecular weight is 538 g/mol. The Hall–Kier alpha value is -5.81. The summed E-state index contributed by atoms with van der Waals surface area (Å²) < 4.78 is 4.61. The number of aromatic nitrogens is 5. The third kappa shape index (κ3) is 3.16. The van der Waals surface area contributed by atoms with Crippen molar-refractivity contribution in [2.24, 2.45) is 0 Å². The first-order chi connectivity index (χ1) is 20.9. The van der Waals surface area contributed by atoms with Crippen molar-refractivity contribution in [2.75, 3.05) is 0 Å². The fourth-order valence-electron chi connectivity index (χ4n) is 6.53. The Morgan fingerprint density at radius 1 is 0.452 bits per heavy atom. The lowest BCUT2D eigenvalue weighted by Crippen LogP contribution is -2.03. The van der Waals surface area contributed by atoms with Crippen LogP contribution in [-0.4, -0.2) is 24.1 Å². The summed E-state index contributed by atoms with van der Waals surface area (Å²) in [6.45, 7) is 0. The summed E-state index contributed by atoms with van der Waals surface area (Å²) in [5.41, 5.74) is 8.36. The quantitative estimate of drug-likeness (QED) is 0.226. The number of nitrogens with zero attached hydrogens (tertiary/aromatic N) is 5. The molecule has 9 rings (SSSR count). The molecule has 9 aromatic rings. The van der Waals surface area contributed by atoms with Gasteiger partial charge in [-0.3, -0.25) is 9.55 Å². The normalized spacial score (nSPS) is 11.8. The number of pyridine rings is 1. The molecule has 0 spiro atoms. The van der Waals surface area contributed by atoms with Crippen LogP contribution in [0.25, 0.3) is 77.4 Å². The number of para-hydroxylation sites is 3. The average Bonchev–Trinajstić information content (AvgIpc) is 3.60. The van der Waals surface area contributed by atoms with Crippen molar-refractivity contribution in [3.63, 3.8) is 0 Å². The van der Waals surface area contributed by atoms with Crippen LogP contribution in [0, 0.1) is 0 Å². The van der Waals surface area contributed by atoms with Crippen LogP contribution >= 0.6 is 0 Å². The van der Waals surface area contributed by atoms with E-state index < -0.39 is 0 Å². The van der Waals surface area contributed by atoms with Gasteiger partial charge in [0.1, 0.15) is 0 Å². The highest BCUT2D eigenvalue weighted by Gasteiger charge is 2.25. The summed E-state index contributed by atoms with van der Waals surface area (Å²) in [4.78, 5) is 15.0. The molecular weight excluding hydrogens is 514 g/mol. The van der Waals surface area contributed by atoms with Crippen molar-refractivity contribution in [1.82, 2.24) is 24.1 Å². The standard InChI is InChI=1S/C37H23N5/c1-3-12-24(13-4-1)29-21-23-39-37(40-29)42-31-20-10-8-17-27(31)33-34-28(18-11-22-38-34)32-26-16-7-9-19-30(26)41(35(32)36(33)42)25-14-5-2-6-15-25/h1-23H. The van der Waals surface area contributed by atoms with Gasteiger partial charge in [0.05, 0.1) is 33.3 Å². The zero-order valence-corrected chi connectivity index (χ0v) is 22.5. The number of fused-ring (bicyclic) bond motifs is 10. The third-order valence-electron chi connectivity index (χ3n) is 8.21. The fraction of sp³-hybridized carbons (Fsp3) is 0. The molecule has 0 N–H and O–H groups in total. The van der Waals surface area contributed by atoms with E-state index in [1.54, 1.807) is 0 Å². The Bertz CT molecular complexity index is 2450. The molecule has 0 aliphatic rings. The molecule has 5 heteroatoms. The van der Waals surface area contributed by atoms with Crippen molar-refractivity contribution >= 4 is 54.5 Å². The predicted octanol–water partition coefficient (Wildman–Crippen LogP) is 8.89. The van der Waals surface area contributed by atoms with Gasteiger partial charge >= 0.3 is 0 Å². The Balaban J connectivity index is 1.57. The van der Waals surface area contributed by atoms with Crippen LogP contribution in [0.4, 0.5) is 0 Å². The van der Waals surface area contributed by atoms with Crippen LogP contribution < -0.4 is 0 Å². The second kappa shape index (κ2) is 8.85. The van der Waals surface area contributed by atoms with Gasteiger partial charge in [0.25, 0.3) is 0 Å². The van der Waals surface area contributed by atoms with Crippen LogP contribution in [0.5, 0.6) is 0 Å². The molecule has 42 heavy (non-hydrogen) atoms. The van der Waals surface area contributed by atoms with Crippen molar-refractivity contribution in [2.45, 2.75) is 0 Å². The van der Waals surface area contributed by atoms with E-state index in [2.05, 4.69) is 106 Å². The molecule has 5 aromatic carbocycles. The maximum Gasteiger partial charge on any atom is 0.235 e. The molecule has 0 amide bonds. The van der Waals surface area contributed by atoms with Gasteiger partial charge < -0.3 is 4.57 Å². The maximum atomic E-state index is 5.15. The summed E-state index contributed by atoms with van der Waals surface area (Å²) in [5, 5.41) is 5.71. The predicted molar refractivity (Wildman–Crippen MR) is 171 cm³/mol. The fourth-order valence-corrected chi connectivity index (χ4v) is 6.53. The lowest BCUT2D eigenvalue weighted by Gasteiger charge is -2.13. The first kappa shape index (κ1) is 22.9. The molecule has 0 atom stereocenters. The highest BCUT2D eigenvalue weighted by atomic mass is 15.2. The van der Waals surface area contributed by atoms with Crippen LogP contribution in [0.3, 0.4) is 0 Å². The van der Waals surface area contributed by atoms with E-state index in [1.807, 2.05) is 42.7 Å². The van der Waals surface area contributed by atoms with E-state index in [0.717, 1.165) is 60.7 Å². The van der Waals surface area contributed by atoms with Gasteiger partial charge in [0, 0.05) is 50.6 Å². The van der Waals surface area contributed by atoms with Crippen molar-refractivity contribution in [3.05, 3.63) is 140 Å². The van der Waals surface area contributed by atoms with E-state index in [9.17, 15) is 0 Å². The minimum absolute atomic E-state index is 0.629. The number of benzene rings is 5. The first-order valence-corrected chi connectivity index (χ1v) is 14.1. The maximum absolute atomic E-state index is 5.15. The van der Waals surface area contributed by atoms with Gasteiger partial charge in [-0.15, -0.1) is 0 Å². The van der Waals surface area contributed by atoms with Crippen LogP contribution in [-0.2, 0) is 0 Å². The van der Waals surface area contributed by atoms with Gasteiger partial charge in [-0.2, -0.15) is 0 Å². The third-order valence-corrected chi connectivity index (χ3v) is 8.21. The summed E-state index contributed by atoms with van der Waals surface area (Å²) >= 11 is 0. The molecule has 0 fully saturated rings. The minimum Gasteiger partial charge on any atom is -0.307 e. The lowest BCUT2D eigenvalue weighted by molar-refractivity contribution is 0.991. The Morgan fingerprint density at radius 2 is 1.07 bits per heavy atom. The molecule has 0 aliphatic carbocycles. The van der Waals surface area contributed by atoms with Crippen molar-refractivity contribution in [1.29, 1.82) is 0 Å². The van der Waals surface area contributed by atoms with Crippen LogP contribution in [0.2, 0.25) is 0 Å². The number of rotatable bonds is 3. The number of hydrogen-bond acceptors (Lipinski definition) is 3. The van der Waals surface area contributed by atoms with Crippen molar-refractivity contribution in [3.8, 4) is 22.9 Å². The summed E-state index contributed by atoms with van der Waals surface area (Å²) in [5.74, 6) is 0.629. The molecule has 5 nitrogen and oxygen atoms in total. The highest BCUT2D eigenvalue weighted by molar-refractivity contribution is 6.35. The van der Waals surface area contributed by atoms with E-state index in [0.29, 0.717) is 5.95 Å². The molecule has 0 radical (unpaired) electrons. The molecule has 0 saturated heterocycles. The Morgan fingerprint density at radius 3 is 1.86 bits per heavy atom. The lowest BCUT2D eigenvalue weighted by atomic mass is 10.0. The molecule has 4 aromatic heterocycles. The smallest absolute Gasteiger partial charge is 0.235 e. The molecule has 4 heterocycles. The Labute approximate surface area is 241 Å². The zero-order chi connectivity index (χ0) is 27.6. The van der Waals surface area contributed by atoms with Gasteiger partial charge in [-0.25, -0.2) is 9.97 Å². The topological polar surface area (TPSA) is 48.5 Å². The van der Waals surface area contributed by atoms with Gasteiger partial charge in [0.15, 0.2) is 0 Å². The zero-order valence-electron chi connectivity index (χ0n) is 22.5. The van der Waals surface area contributed by atoms with E-state index >= 15 is 0 Å². The molecule has 0 unspecified atom stereocenters. The summed E-state index contributed by atoms with van der Waals surface area (Å²) in [6.07, 6.45) is 3.75. The second-order valence-electron chi connectivity index (χ2n) is 10.5. The largest absolute Gasteiger partial charge is 0.307 e. The number of hydrogen-bond donors (Lipinski definition) is 0. The molecule has 196 valence electrons. The minimum atomic E-state index is 0.629. The molecule has 0 aliphatic heterocycles. The van der Waals surface area contributed by atoms with Gasteiger partial charge in [0.2, 0.25) is 5.95 Å². The monoisotopic (exact) mass is 537 g/mol. The highest BCUT2D eigenvalue weighted by Crippen LogP contribution is 2.45.